The van der Waals surface area contributed by atoms with Gasteiger partial charge in [0, 0.05) is 42.8 Å². The second-order valence-electron chi connectivity index (χ2n) is 4.25. The van der Waals surface area contributed by atoms with Gasteiger partial charge in [0.2, 0.25) is 0 Å². The van der Waals surface area contributed by atoms with Gasteiger partial charge in [-0.1, -0.05) is 11.6 Å². The van der Waals surface area contributed by atoms with Crippen LogP contribution in [0, 0.1) is 0 Å². The van der Waals surface area contributed by atoms with E-state index in [1.54, 1.807) is 6.07 Å². The average Bonchev–Trinajstić information content (AvgIpc) is 2.35. The van der Waals surface area contributed by atoms with Crippen molar-refractivity contribution in [3.05, 3.63) is 27.2 Å². The Morgan fingerprint density at radius 2 is 1.89 bits per heavy atom. The Morgan fingerprint density at radius 3 is 2.47 bits per heavy atom. The Kier molecular flexibility index (Phi) is 8.68. The zero-order chi connectivity index (χ0) is 12.4. The quantitative estimate of drug-likeness (QED) is 0.807. The predicted molar refractivity (Wildman–Crippen MR) is 88.2 cm³/mol. The summed E-state index contributed by atoms with van der Waals surface area (Å²) in [7, 11) is 0. The van der Waals surface area contributed by atoms with E-state index >= 15 is 0 Å². The molecule has 0 bridgehead atoms. The molecule has 19 heavy (non-hydrogen) atoms. The highest BCUT2D eigenvalue weighted by molar-refractivity contribution is 9.10. The fraction of sp³-hybridized carbons (Fsp3) is 0.500. The number of piperazine rings is 1. The Balaban J connectivity index is 0.00000162. The van der Waals surface area contributed by atoms with Crippen molar-refractivity contribution in [2.75, 3.05) is 26.2 Å². The van der Waals surface area contributed by atoms with Gasteiger partial charge in [-0.15, -0.1) is 24.8 Å². The van der Waals surface area contributed by atoms with Crippen LogP contribution in [0.4, 0.5) is 0 Å². The van der Waals surface area contributed by atoms with Gasteiger partial charge in [-0.05, 0) is 35.0 Å². The molecule has 1 saturated heterocycles. The summed E-state index contributed by atoms with van der Waals surface area (Å²) in [4.78, 5) is 2.32. The van der Waals surface area contributed by atoms with E-state index in [-0.39, 0.29) is 36.6 Å². The molecule has 0 unspecified atom stereocenters. The topological polar surface area (TPSA) is 35.5 Å². The van der Waals surface area contributed by atoms with Crippen molar-refractivity contribution in [3.63, 3.8) is 0 Å². The maximum Gasteiger partial charge on any atom is 0.136 e. The molecule has 0 amide bonds. The number of aromatic hydroxyl groups is 1. The summed E-state index contributed by atoms with van der Waals surface area (Å²) in [5.74, 6) is 0.253. The van der Waals surface area contributed by atoms with Gasteiger partial charge in [-0.3, -0.25) is 4.90 Å². The minimum absolute atomic E-state index is 0. The summed E-state index contributed by atoms with van der Waals surface area (Å²) in [5.41, 5.74) is 0.808. The Hall–Kier alpha value is 0.290. The predicted octanol–water partition coefficient (Wildman–Crippen LogP) is 3.62. The molecular formula is C12H18BrCl3N2O. The van der Waals surface area contributed by atoms with Crippen molar-refractivity contribution >= 4 is 52.3 Å². The van der Waals surface area contributed by atoms with E-state index in [1.807, 2.05) is 6.07 Å². The van der Waals surface area contributed by atoms with Crippen molar-refractivity contribution in [1.29, 1.82) is 0 Å². The molecule has 0 aromatic heterocycles. The van der Waals surface area contributed by atoms with Crippen LogP contribution < -0.4 is 5.32 Å². The molecular weight excluding hydrogens is 374 g/mol. The summed E-state index contributed by atoms with van der Waals surface area (Å²) < 4.78 is 0.693. The summed E-state index contributed by atoms with van der Waals surface area (Å²) in [6, 6.07) is 3.72. The molecule has 7 heteroatoms. The molecule has 3 nitrogen and oxygen atoms in total. The largest absolute Gasteiger partial charge is 0.506 e. The standard InChI is InChI=1S/C12H16BrClN2O.2ClH/c1-8(16-6-4-15-5-7-16)11-10(14)3-2-9(13)12(11)17;;/h2-3,8,15,17H,4-7H2,1H3;2*1H/t8-;;/m0../s1. The minimum Gasteiger partial charge on any atom is -0.506 e. The third-order valence-electron chi connectivity index (χ3n) is 3.23. The van der Waals surface area contributed by atoms with E-state index in [9.17, 15) is 5.11 Å². The first-order chi connectivity index (χ1) is 8.11. The molecule has 0 saturated carbocycles. The van der Waals surface area contributed by atoms with Crippen LogP contribution in [0.15, 0.2) is 16.6 Å². The van der Waals surface area contributed by atoms with Crippen molar-refractivity contribution in [2.45, 2.75) is 13.0 Å². The SMILES string of the molecule is C[C@@H](c1c(Cl)ccc(Br)c1O)N1CCNCC1.Cl.Cl. The first-order valence-electron chi connectivity index (χ1n) is 5.73. The highest BCUT2D eigenvalue weighted by atomic mass is 79.9. The van der Waals surface area contributed by atoms with Crippen molar-refractivity contribution in [3.8, 4) is 5.75 Å². The van der Waals surface area contributed by atoms with Crippen LogP contribution in [0.5, 0.6) is 5.75 Å². The van der Waals surface area contributed by atoms with Gasteiger partial charge in [-0.2, -0.15) is 0 Å². The zero-order valence-electron chi connectivity index (χ0n) is 10.5. The van der Waals surface area contributed by atoms with Gasteiger partial charge < -0.3 is 10.4 Å². The summed E-state index contributed by atoms with van der Waals surface area (Å²) >= 11 is 9.53. The fourth-order valence-electron chi connectivity index (χ4n) is 2.21. The van der Waals surface area contributed by atoms with Crippen LogP contribution >= 0.6 is 52.3 Å². The lowest BCUT2D eigenvalue weighted by molar-refractivity contribution is 0.183. The Bertz CT molecular complexity index is 414. The van der Waals surface area contributed by atoms with E-state index < -0.39 is 0 Å². The minimum atomic E-state index is 0. The maximum absolute atomic E-state index is 10.1. The molecule has 110 valence electrons. The van der Waals surface area contributed by atoms with Gasteiger partial charge in [0.05, 0.1) is 4.47 Å². The molecule has 1 aromatic rings. The lowest BCUT2D eigenvalue weighted by Gasteiger charge is -2.33. The molecule has 1 aliphatic heterocycles. The molecule has 0 radical (unpaired) electrons. The van der Waals surface area contributed by atoms with E-state index in [0.29, 0.717) is 9.50 Å². The van der Waals surface area contributed by atoms with E-state index in [1.165, 1.54) is 0 Å². The van der Waals surface area contributed by atoms with Gasteiger partial charge in [0.25, 0.3) is 0 Å². The highest BCUT2D eigenvalue weighted by Gasteiger charge is 2.23. The summed E-state index contributed by atoms with van der Waals surface area (Å²) in [6.45, 7) is 6.00. The van der Waals surface area contributed by atoms with Gasteiger partial charge in [-0.25, -0.2) is 0 Å². The lowest BCUT2D eigenvalue weighted by Crippen LogP contribution is -2.44. The third kappa shape index (κ3) is 4.38. The van der Waals surface area contributed by atoms with Gasteiger partial charge >= 0.3 is 0 Å². The molecule has 1 heterocycles. The van der Waals surface area contributed by atoms with E-state index in [2.05, 4.69) is 33.1 Å². The smallest absolute Gasteiger partial charge is 0.136 e. The average molecular weight is 393 g/mol. The number of benzene rings is 1. The normalized spacial score (nSPS) is 17.2. The molecule has 1 aliphatic rings. The molecule has 1 aromatic carbocycles. The van der Waals surface area contributed by atoms with Crippen LogP contribution in [0.2, 0.25) is 5.02 Å². The van der Waals surface area contributed by atoms with Crippen LogP contribution in [-0.2, 0) is 0 Å². The maximum atomic E-state index is 10.1. The molecule has 2 rings (SSSR count). The molecule has 0 spiro atoms. The third-order valence-corrected chi connectivity index (χ3v) is 4.20. The fourth-order valence-corrected chi connectivity index (χ4v) is 2.86. The number of hydrogen-bond acceptors (Lipinski definition) is 3. The monoisotopic (exact) mass is 390 g/mol. The first-order valence-corrected chi connectivity index (χ1v) is 6.90. The Labute approximate surface area is 139 Å². The van der Waals surface area contributed by atoms with Crippen molar-refractivity contribution in [1.82, 2.24) is 10.2 Å². The van der Waals surface area contributed by atoms with Gasteiger partial charge in [0.1, 0.15) is 5.75 Å². The van der Waals surface area contributed by atoms with Crippen LogP contribution in [0.1, 0.15) is 18.5 Å². The number of phenolic OH excluding ortho intramolecular Hbond substituents is 1. The van der Waals surface area contributed by atoms with Crippen molar-refractivity contribution < 1.29 is 5.11 Å². The highest BCUT2D eigenvalue weighted by Crippen LogP contribution is 2.39. The summed E-state index contributed by atoms with van der Waals surface area (Å²) in [6.07, 6.45) is 0. The first kappa shape index (κ1) is 19.3. The number of nitrogens with zero attached hydrogens (tertiary/aromatic N) is 1. The van der Waals surface area contributed by atoms with Crippen molar-refractivity contribution in [2.24, 2.45) is 0 Å². The van der Waals surface area contributed by atoms with Crippen LogP contribution in [0.25, 0.3) is 0 Å². The molecule has 1 fully saturated rings. The Morgan fingerprint density at radius 1 is 1.32 bits per heavy atom. The molecule has 0 aliphatic carbocycles. The van der Waals surface area contributed by atoms with Crippen LogP contribution in [-0.4, -0.2) is 36.2 Å². The molecule has 2 N–H and O–H groups in total. The number of halogens is 4. The molecule has 1 atom stereocenters. The van der Waals surface area contributed by atoms with Gasteiger partial charge in [0.15, 0.2) is 0 Å². The number of hydrogen-bond donors (Lipinski definition) is 2. The number of nitrogens with one attached hydrogen (secondary N) is 1. The lowest BCUT2D eigenvalue weighted by atomic mass is 10.0. The summed E-state index contributed by atoms with van der Waals surface area (Å²) in [5, 5.41) is 14.0. The second kappa shape index (κ2) is 8.55. The van der Waals surface area contributed by atoms with Crippen LogP contribution in [0.3, 0.4) is 0 Å². The zero-order valence-corrected chi connectivity index (χ0v) is 14.5. The van der Waals surface area contributed by atoms with E-state index in [4.69, 9.17) is 11.6 Å². The number of phenols is 1. The number of rotatable bonds is 2. The second-order valence-corrected chi connectivity index (χ2v) is 5.51. The van der Waals surface area contributed by atoms with E-state index in [0.717, 1.165) is 31.7 Å².